The topological polar surface area (TPSA) is 147 Å². The van der Waals surface area contributed by atoms with Crippen molar-refractivity contribution >= 4 is 23.7 Å². The number of nitrogens with one attached hydrogen (secondary N) is 2. The van der Waals surface area contributed by atoms with Gasteiger partial charge in [-0.3, -0.25) is 19.6 Å². The third kappa shape index (κ3) is 6.97. The fourth-order valence-electron chi connectivity index (χ4n) is 5.71. The molecule has 1 aliphatic carbocycles. The van der Waals surface area contributed by atoms with Crippen LogP contribution in [0.1, 0.15) is 55.6 Å². The number of carbonyl (C=O) groups is 3. The number of carbonyl (C=O) groups excluding carboxylic acids is 3. The summed E-state index contributed by atoms with van der Waals surface area (Å²) in [6.07, 6.45) is -0.218. The maximum atomic E-state index is 13.8. The summed E-state index contributed by atoms with van der Waals surface area (Å²) in [6.45, 7) is 3.21. The first-order valence-corrected chi connectivity index (χ1v) is 13.6. The Bertz CT molecular complexity index is 1250. The number of aromatic amines is 1. The summed E-state index contributed by atoms with van der Waals surface area (Å²) in [5.74, 6) is -0.744. The molecule has 0 radical (unpaired) electrons. The quantitative estimate of drug-likeness (QED) is 0.394. The predicted octanol–water partition coefficient (Wildman–Crippen LogP) is 3.01. The number of pyridine rings is 1. The van der Waals surface area contributed by atoms with Crippen molar-refractivity contribution in [3.05, 3.63) is 41.3 Å². The number of anilines is 1. The second-order valence-electron chi connectivity index (χ2n) is 11.0. The van der Waals surface area contributed by atoms with E-state index in [2.05, 4.69) is 22.1 Å². The number of urea groups is 1. The number of methoxy groups -OCH3 is 1. The largest absolute Gasteiger partial charge is 0.410 e. The fourth-order valence-corrected chi connectivity index (χ4v) is 5.71. The van der Waals surface area contributed by atoms with Crippen molar-refractivity contribution in [3.8, 4) is 0 Å². The Balaban J connectivity index is 1.72. The molecule has 0 bridgehead atoms. The number of aromatic nitrogens is 3. The maximum Gasteiger partial charge on any atom is 0.410 e. The Labute approximate surface area is 236 Å². The van der Waals surface area contributed by atoms with Gasteiger partial charge in [-0.2, -0.15) is 18.3 Å². The lowest BCUT2D eigenvalue weighted by molar-refractivity contribution is -0.150. The predicted molar refractivity (Wildman–Crippen MR) is 143 cm³/mol. The Morgan fingerprint density at radius 2 is 1.95 bits per heavy atom. The highest BCUT2D eigenvalue weighted by molar-refractivity contribution is 6.00. The number of nitrogens with zero attached hydrogens (tertiary/aromatic N) is 4. The molecule has 4 rings (SSSR count). The standard InChI is InChI=1S/C27H36F3N7O4/c1-15-4-6-17(7-5-15)24(25(31)39)37(23(38)12-19-10-16(2)34-35-19)22-11-18(8-9-32-22)20(14-41-3)36-13-21(27(28,29)30)33-26(36)40/h8-11,15,17,20-21,24H,4-7,12-14H2,1-3H3,(H2,31,39)(H,33,40)(H,34,35)/t15?,17?,20?,21-,24?/m0/s1. The number of alkyl halides is 3. The first kappa shape index (κ1) is 30.3. The third-order valence-corrected chi connectivity index (χ3v) is 7.87. The summed E-state index contributed by atoms with van der Waals surface area (Å²) in [5.41, 5.74) is 7.55. The Hall–Kier alpha value is -3.68. The molecular formula is C27H36F3N7O4. The molecular weight excluding hydrogens is 543 g/mol. The summed E-state index contributed by atoms with van der Waals surface area (Å²) in [4.78, 5) is 46.1. The molecule has 1 aliphatic heterocycles. The van der Waals surface area contributed by atoms with E-state index in [1.807, 2.05) is 5.32 Å². The Kier molecular flexibility index (Phi) is 9.20. The van der Waals surface area contributed by atoms with E-state index in [-0.39, 0.29) is 24.8 Å². The van der Waals surface area contributed by atoms with Crippen molar-refractivity contribution in [1.82, 2.24) is 25.4 Å². The van der Waals surface area contributed by atoms with Crippen LogP contribution >= 0.6 is 0 Å². The first-order chi connectivity index (χ1) is 19.4. The number of ether oxygens (including phenoxy) is 1. The minimum atomic E-state index is -4.62. The molecule has 0 aromatic carbocycles. The Morgan fingerprint density at radius 1 is 1.24 bits per heavy atom. The molecule has 3 heterocycles. The molecule has 14 heteroatoms. The van der Waals surface area contributed by atoms with Gasteiger partial charge in [0.1, 0.15) is 17.9 Å². The number of nitrogens with two attached hydrogens (primary N) is 1. The molecule has 224 valence electrons. The van der Waals surface area contributed by atoms with Crippen LogP contribution in [0.5, 0.6) is 0 Å². The van der Waals surface area contributed by atoms with E-state index in [0.717, 1.165) is 23.4 Å². The lowest BCUT2D eigenvalue weighted by Crippen LogP contribution is -2.53. The number of hydrogen-bond donors (Lipinski definition) is 3. The molecule has 2 aromatic rings. The average Bonchev–Trinajstić information content (AvgIpc) is 3.51. The van der Waals surface area contributed by atoms with Crippen molar-refractivity contribution in [3.63, 3.8) is 0 Å². The molecule has 2 fully saturated rings. The number of primary amides is 1. The molecule has 3 atom stereocenters. The van der Waals surface area contributed by atoms with Gasteiger partial charge in [0.05, 0.1) is 31.3 Å². The highest BCUT2D eigenvalue weighted by Crippen LogP contribution is 2.36. The molecule has 1 saturated heterocycles. The summed E-state index contributed by atoms with van der Waals surface area (Å²) >= 11 is 0. The van der Waals surface area contributed by atoms with E-state index in [1.165, 1.54) is 24.3 Å². The van der Waals surface area contributed by atoms with Crippen LogP contribution < -0.4 is 16.0 Å². The molecule has 11 nitrogen and oxygen atoms in total. The van der Waals surface area contributed by atoms with Crippen molar-refractivity contribution in [1.29, 1.82) is 0 Å². The van der Waals surface area contributed by atoms with Crippen LogP contribution in [0.15, 0.2) is 24.4 Å². The smallest absolute Gasteiger partial charge is 0.382 e. The van der Waals surface area contributed by atoms with E-state index in [9.17, 15) is 27.6 Å². The molecule has 2 aliphatic rings. The number of halogens is 3. The number of hydrogen-bond acceptors (Lipinski definition) is 6. The van der Waals surface area contributed by atoms with Crippen molar-refractivity contribution in [2.75, 3.05) is 25.2 Å². The fraction of sp³-hybridized carbons (Fsp3) is 0.593. The number of H-pyrrole nitrogens is 1. The van der Waals surface area contributed by atoms with Gasteiger partial charge in [0, 0.05) is 19.0 Å². The SMILES string of the molecule is COCC(c1ccnc(N(C(=O)Cc2cc(C)[nH]n2)C(C(N)=O)C2CCC(C)CC2)c1)N1C[C@@H](C(F)(F)F)NC1=O. The van der Waals surface area contributed by atoms with Gasteiger partial charge in [-0.25, -0.2) is 9.78 Å². The summed E-state index contributed by atoms with van der Waals surface area (Å²) in [7, 11) is 1.37. The third-order valence-electron chi connectivity index (χ3n) is 7.87. The van der Waals surface area contributed by atoms with Gasteiger partial charge < -0.3 is 20.7 Å². The van der Waals surface area contributed by atoms with Crippen molar-refractivity contribution in [2.45, 2.75) is 70.3 Å². The van der Waals surface area contributed by atoms with E-state index >= 15 is 0 Å². The van der Waals surface area contributed by atoms with Crippen LogP contribution in [-0.2, 0) is 20.7 Å². The highest BCUT2D eigenvalue weighted by Gasteiger charge is 2.48. The second kappa shape index (κ2) is 12.5. The molecule has 4 N–H and O–H groups in total. The number of rotatable bonds is 10. The van der Waals surface area contributed by atoms with Crippen molar-refractivity contribution in [2.24, 2.45) is 17.6 Å². The van der Waals surface area contributed by atoms with Gasteiger partial charge in [-0.05, 0) is 55.4 Å². The van der Waals surface area contributed by atoms with E-state index in [1.54, 1.807) is 19.1 Å². The van der Waals surface area contributed by atoms with E-state index in [0.29, 0.717) is 30.0 Å². The minimum absolute atomic E-state index is 0.107. The molecule has 2 aromatic heterocycles. The van der Waals surface area contributed by atoms with Crippen LogP contribution in [0.4, 0.5) is 23.8 Å². The van der Waals surface area contributed by atoms with Gasteiger partial charge in [0.2, 0.25) is 11.8 Å². The number of aryl methyl sites for hydroxylation is 1. The number of amides is 4. The second-order valence-corrected chi connectivity index (χ2v) is 11.0. The normalized spacial score (nSPS) is 22.7. The van der Waals surface area contributed by atoms with E-state index in [4.69, 9.17) is 10.5 Å². The summed E-state index contributed by atoms with van der Waals surface area (Å²) in [6, 6.07) is -0.0553. The van der Waals surface area contributed by atoms with Gasteiger partial charge in [0.15, 0.2) is 0 Å². The average molecular weight is 580 g/mol. The Morgan fingerprint density at radius 3 is 2.51 bits per heavy atom. The van der Waals surface area contributed by atoms with Gasteiger partial charge in [-0.15, -0.1) is 0 Å². The molecule has 4 amide bonds. The van der Waals surface area contributed by atoms with Gasteiger partial charge >= 0.3 is 12.2 Å². The first-order valence-electron chi connectivity index (χ1n) is 13.6. The van der Waals surface area contributed by atoms with Crippen LogP contribution in [-0.4, -0.2) is 76.4 Å². The van der Waals surface area contributed by atoms with Crippen LogP contribution in [0.2, 0.25) is 0 Å². The molecule has 0 spiro atoms. The lowest BCUT2D eigenvalue weighted by Gasteiger charge is -2.38. The summed E-state index contributed by atoms with van der Waals surface area (Å²) < 4.78 is 45.4. The molecule has 41 heavy (non-hydrogen) atoms. The van der Waals surface area contributed by atoms with Crippen molar-refractivity contribution < 1.29 is 32.3 Å². The van der Waals surface area contributed by atoms with Crippen LogP contribution in [0.25, 0.3) is 0 Å². The molecule has 2 unspecified atom stereocenters. The highest BCUT2D eigenvalue weighted by atomic mass is 19.4. The molecule has 1 saturated carbocycles. The lowest BCUT2D eigenvalue weighted by atomic mass is 9.78. The van der Waals surface area contributed by atoms with E-state index < -0.39 is 48.7 Å². The minimum Gasteiger partial charge on any atom is -0.382 e. The van der Waals surface area contributed by atoms with Gasteiger partial charge in [-0.1, -0.05) is 19.8 Å². The monoisotopic (exact) mass is 579 g/mol. The zero-order chi connectivity index (χ0) is 29.9. The zero-order valence-corrected chi connectivity index (χ0v) is 23.3. The van der Waals surface area contributed by atoms with Crippen LogP contribution in [0.3, 0.4) is 0 Å². The zero-order valence-electron chi connectivity index (χ0n) is 23.3. The summed E-state index contributed by atoms with van der Waals surface area (Å²) in [5, 5.41) is 8.91. The van der Waals surface area contributed by atoms with Gasteiger partial charge in [0.25, 0.3) is 0 Å². The maximum absolute atomic E-state index is 13.8. The van der Waals surface area contributed by atoms with Crippen LogP contribution in [0, 0.1) is 18.8 Å².